The highest BCUT2D eigenvalue weighted by Gasteiger charge is 1.93. The molecule has 0 radical (unpaired) electrons. The summed E-state index contributed by atoms with van der Waals surface area (Å²) in [7, 11) is 0. The summed E-state index contributed by atoms with van der Waals surface area (Å²) in [4.78, 5) is 0. The molecule has 0 unspecified atom stereocenters. The third-order valence-corrected chi connectivity index (χ3v) is 1.69. The maximum Gasteiger partial charge on any atom is 0.0112 e. The topological polar surface area (TPSA) is 36.1 Å². The highest BCUT2D eigenvalue weighted by atomic mass is 15.4. The van der Waals surface area contributed by atoms with Crippen LogP contribution in [0.4, 0.5) is 0 Å². The monoisotopic (exact) mass is 143 g/mol. The van der Waals surface area contributed by atoms with E-state index in [1.165, 1.54) is 32.4 Å². The van der Waals surface area contributed by atoms with E-state index in [0.29, 0.717) is 0 Å². The minimum absolute atomic E-state index is 1.14. The second kappa shape index (κ2) is 5.65. The van der Waals surface area contributed by atoms with Crippen LogP contribution in [0.15, 0.2) is 0 Å². The van der Waals surface area contributed by atoms with Crippen LogP contribution < -0.4 is 16.2 Å². The summed E-state index contributed by atoms with van der Waals surface area (Å²) in [5, 5.41) is 3.22. The normalized spacial score (nSPS) is 24.0. The van der Waals surface area contributed by atoms with Crippen LogP contribution in [0.1, 0.15) is 19.3 Å². The van der Waals surface area contributed by atoms with Crippen LogP contribution in [0.25, 0.3) is 0 Å². The Hall–Kier alpha value is -0.120. The molecule has 2 aliphatic heterocycles. The van der Waals surface area contributed by atoms with Gasteiger partial charge in [-0.3, -0.25) is 10.9 Å². The van der Waals surface area contributed by atoms with E-state index >= 15 is 0 Å². The Kier molecular flexibility index (Phi) is 4.51. The molecule has 0 atom stereocenters. The molecule has 60 valence electrons. The Bertz CT molecular complexity index is 42.0. The van der Waals surface area contributed by atoms with Crippen LogP contribution in [0, 0.1) is 0 Å². The lowest BCUT2D eigenvalue weighted by atomic mass is 10.4. The summed E-state index contributed by atoms with van der Waals surface area (Å²) in [6.45, 7) is 4.78. The minimum Gasteiger partial charge on any atom is -0.317 e. The summed E-state index contributed by atoms with van der Waals surface area (Å²) < 4.78 is 0. The van der Waals surface area contributed by atoms with Crippen LogP contribution in [0.2, 0.25) is 0 Å². The molecule has 0 bridgehead atoms. The van der Waals surface area contributed by atoms with E-state index in [2.05, 4.69) is 16.2 Å². The Morgan fingerprint density at radius 3 is 1.40 bits per heavy atom. The predicted octanol–water partition coefficient (Wildman–Crippen LogP) is -0.146. The molecule has 3 nitrogen and oxygen atoms in total. The fraction of sp³-hybridized carbons (Fsp3) is 1.00. The first-order valence-electron chi connectivity index (χ1n) is 4.16. The molecule has 3 N–H and O–H groups in total. The number of hydrogen-bond donors (Lipinski definition) is 3. The highest BCUT2D eigenvalue weighted by molar-refractivity contribution is 4.55. The summed E-state index contributed by atoms with van der Waals surface area (Å²) in [5.41, 5.74) is 5.94. The first-order valence-corrected chi connectivity index (χ1v) is 4.16. The lowest BCUT2D eigenvalue weighted by Crippen LogP contribution is -2.21. The molecule has 10 heavy (non-hydrogen) atoms. The van der Waals surface area contributed by atoms with E-state index in [-0.39, 0.29) is 0 Å². The number of rotatable bonds is 0. The Morgan fingerprint density at radius 2 is 1.20 bits per heavy atom. The molecule has 3 heteroatoms. The van der Waals surface area contributed by atoms with E-state index in [0.717, 1.165) is 13.1 Å². The van der Waals surface area contributed by atoms with Gasteiger partial charge in [-0.15, -0.1) is 0 Å². The first kappa shape index (κ1) is 7.98. The van der Waals surface area contributed by atoms with E-state index in [9.17, 15) is 0 Å². The van der Waals surface area contributed by atoms with Crippen molar-refractivity contribution in [3.63, 3.8) is 0 Å². The molecule has 2 saturated heterocycles. The molecule has 0 aromatic heterocycles. The van der Waals surface area contributed by atoms with Gasteiger partial charge in [-0.25, -0.2) is 0 Å². The molecule has 2 rings (SSSR count). The van der Waals surface area contributed by atoms with Crippen molar-refractivity contribution >= 4 is 0 Å². The van der Waals surface area contributed by atoms with Crippen molar-refractivity contribution in [3.05, 3.63) is 0 Å². The van der Waals surface area contributed by atoms with E-state index in [1.807, 2.05) is 0 Å². The van der Waals surface area contributed by atoms with Crippen molar-refractivity contribution in [2.45, 2.75) is 19.3 Å². The van der Waals surface area contributed by atoms with Gasteiger partial charge in [0.2, 0.25) is 0 Å². The average Bonchev–Trinajstić information content (AvgIpc) is 2.67. The van der Waals surface area contributed by atoms with E-state index < -0.39 is 0 Å². The SMILES string of the molecule is C1CCNC1.C1CNNC1. The van der Waals surface area contributed by atoms with Crippen molar-refractivity contribution in [2.24, 2.45) is 0 Å². The predicted molar refractivity (Wildman–Crippen MR) is 42.7 cm³/mol. The standard InChI is InChI=1S/C4H9N.C3H8N2/c2*1-2-4-5-3-1/h5H,1-4H2;4-5H,1-3H2. The molecule has 0 amide bonds. The van der Waals surface area contributed by atoms with Crippen molar-refractivity contribution in [3.8, 4) is 0 Å². The number of nitrogens with one attached hydrogen (secondary N) is 3. The van der Waals surface area contributed by atoms with Crippen LogP contribution in [-0.4, -0.2) is 26.2 Å². The fourth-order valence-electron chi connectivity index (χ4n) is 1.07. The molecule has 0 spiro atoms. The lowest BCUT2D eigenvalue weighted by Gasteiger charge is -1.81. The van der Waals surface area contributed by atoms with Gasteiger partial charge in [0.1, 0.15) is 0 Å². The van der Waals surface area contributed by atoms with Crippen LogP contribution in [-0.2, 0) is 0 Å². The van der Waals surface area contributed by atoms with Crippen molar-refractivity contribution in [1.82, 2.24) is 16.2 Å². The van der Waals surface area contributed by atoms with Crippen LogP contribution in [0.3, 0.4) is 0 Å². The van der Waals surface area contributed by atoms with Gasteiger partial charge in [0, 0.05) is 13.1 Å². The summed E-state index contributed by atoms with van der Waals surface area (Å²) in [6.07, 6.45) is 4.06. The smallest absolute Gasteiger partial charge is 0.0112 e. The van der Waals surface area contributed by atoms with Crippen molar-refractivity contribution in [1.29, 1.82) is 0 Å². The molecular weight excluding hydrogens is 126 g/mol. The first-order chi connectivity index (χ1) is 5.00. The van der Waals surface area contributed by atoms with E-state index in [1.54, 1.807) is 0 Å². The van der Waals surface area contributed by atoms with Gasteiger partial charge in [-0.05, 0) is 32.4 Å². The Morgan fingerprint density at radius 1 is 0.600 bits per heavy atom. The van der Waals surface area contributed by atoms with Gasteiger partial charge in [0.25, 0.3) is 0 Å². The van der Waals surface area contributed by atoms with E-state index in [4.69, 9.17) is 0 Å². The molecule has 0 aliphatic carbocycles. The maximum atomic E-state index is 3.22. The molecule has 2 heterocycles. The zero-order valence-corrected chi connectivity index (χ0v) is 6.45. The van der Waals surface area contributed by atoms with Gasteiger partial charge in [0.15, 0.2) is 0 Å². The number of hydrogen-bond acceptors (Lipinski definition) is 3. The largest absolute Gasteiger partial charge is 0.317 e. The quantitative estimate of drug-likeness (QED) is 0.441. The molecule has 2 fully saturated rings. The molecule has 0 aromatic rings. The van der Waals surface area contributed by atoms with Gasteiger partial charge in [0.05, 0.1) is 0 Å². The van der Waals surface area contributed by atoms with Crippen molar-refractivity contribution in [2.75, 3.05) is 26.2 Å². The van der Waals surface area contributed by atoms with Crippen molar-refractivity contribution < 1.29 is 0 Å². The summed E-state index contributed by atoms with van der Waals surface area (Å²) in [6, 6.07) is 0. The third-order valence-electron chi connectivity index (χ3n) is 1.69. The summed E-state index contributed by atoms with van der Waals surface area (Å²) >= 11 is 0. The van der Waals surface area contributed by atoms with Gasteiger partial charge in [-0.1, -0.05) is 0 Å². The lowest BCUT2D eigenvalue weighted by molar-refractivity contribution is 0.689. The molecular formula is C7H17N3. The summed E-state index contributed by atoms with van der Waals surface area (Å²) in [5.74, 6) is 0. The average molecular weight is 143 g/mol. The van der Waals surface area contributed by atoms with Gasteiger partial charge in [-0.2, -0.15) is 0 Å². The fourth-order valence-corrected chi connectivity index (χ4v) is 1.07. The van der Waals surface area contributed by atoms with Crippen LogP contribution in [0.5, 0.6) is 0 Å². The zero-order valence-electron chi connectivity index (χ0n) is 6.45. The Balaban J connectivity index is 0.0000001000. The van der Waals surface area contributed by atoms with Crippen LogP contribution >= 0.6 is 0 Å². The maximum absolute atomic E-state index is 3.22. The van der Waals surface area contributed by atoms with Gasteiger partial charge < -0.3 is 5.32 Å². The zero-order chi connectivity index (χ0) is 7.07. The van der Waals surface area contributed by atoms with Gasteiger partial charge >= 0.3 is 0 Å². The second-order valence-electron chi connectivity index (χ2n) is 2.66. The Labute approximate surface area is 62.5 Å². The molecule has 2 aliphatic rings. The number of hydrazine groups is 1. The molecule has 0 saturated carbocycles. The highest BCUT2D eigenvalue weighted by Crippen LogP contribution is 1.90. The third kappa shape index (κ3) is 3.82. The minimum atomic E-state index is 1.14. The molecule has 0 aromatic carbocycles. The second-order valence-corrected chi connectivity index (χ2v) is 2.66.